The molecule has 1 aliphatic rings. The van der Waals surface area contributed by atoms with Crippen molar-refractivity contribution in [3.05, 3.63) is 23.9 Å². The van der Waals surface area contributed by atoms with Crippen LogP contribution in [-0.4, -0.2) is 47.1 Å². The number of halogens is 1. The molecule has 110 valence electrons. The zero-order chi connectivity index (χ0) is 14.9. The summed E-state index contributed by atoms with van der Waals surface area (Å²) in [7, 11) is 0. The third-order valence-corrected chi connectivity index (χ3v) is 3.73. The average Bonchev–Trinajstić information content (AvgIpc) is 2.38. The van der Waals surface area contributed by atoms with Crippen molar-refractivity contribution in [2.24, 2.45) is 0 Å². The van der Waals surface area contributed by atoms with Crippen LogP contribution in [0.25, 0.3) is 0 Å². The van der Waals surface area contributed by atoms with E-state index in [2.05, 4.69) is 9.88 Å². The van der Waals surface area contributed by atoms with Crippen molar-refractivity contribution >= 4 is 11.7 Å². The number of carbonyl (C=O) groups excluding carboxylic acids is 1. The van der Waals surface area contributed by atoms with Crippen LogP contribution in [0.1, 0.15) is 26.3 Å². The fourth-order valence-electron chi connectivity index (χ4n) is 2.80. The minimum atomic E-state index is -1.44. The van der Waals surface area contributed by atoms with Gasteiger partial charge in [0.15, 0.2) is 6.17 Å². The standard InChI is InChI=1S/C15H22FN3O/c1-10-5-6-14(17-7-10)18-8-11(2)19(12(3)9-18)15(20)13(4)16/h5-7,11-13H,8-9H2,1-4H3. The Hall–Kier alpha value is -1.65. The predicted octanol–water partition coefficient (Wildman–Crippen LogP) is 2.17. The molecule has 2 heterocycles. The number of pyridine rings is 1. The lowest BCUT2D eigenvalue weighted by atomic mass is 10.1. The molecule has 20 heavy (non-hydrogen) atoms. The second-order valence-electron chi connectivity index (χ2n) is 5.66. The Morgan fingerprint density at radius 1 is 1.35 bits per heavy atom. The van der Waals surface area contributed by atoms with Crippen LogP contribution < -0.4 is 4.90 Å². The average molecular weight is 279 g/mol. The van der Waals surface area contributed by atoms with E-state index in [1.807, 2.05) is 39.1 Å². The van der Waals surface area contributed by atoms with Crippen LogP contribution in [0, 0.1) is 6.92 Å². The molecule has 0 N–H and O–H groups in total. The molecule has 0 aliphatic carbocycles. The van der Waals surface area contributed by atoms with E-state index >= 15 is 0 Å². The van der Waals surface area contributed by atoms with Gasteiger partial charge in [-0.05, 0) is 39.3 Å². The highest BCUT2D eigenvalue weighted by Gasteiger charge is 2.35. The molecule has 3 atom stereocenters. The molecule has 3 unspecified atom stereocenters. The Morgan fingerprint density at radius 2 is 1.95 bits per heavy atom. The first-order chi connectivity index (χ1) is 9.40. The molecule has 1 saturated heterocycles. The lowest BCUT2D eigenvalue weighted by Crippen LogP contribution is -2.60. The molecular weight excluding hydrogens is 257 g/mol. The number of aryl methyl sites for hydroxylation is 1. The summed E-state index contributed by atoms with van der Waals surface area (Å²) in [5, 5.41) is 0. The smallest absolute Gasteiger partial charge is 0.257 e. The molecule has 1 fully saturated rings. The summed E-state index contributed by atoms with van der Waals surface area (Å²) in [6.45, 7) is 8.57. The molecule has 0 radical (unpaired) electrons. The normalized spacial score (nSPS) is 24.6. The fraction of sp³-hybridized carbons (Fsp3) is 0.600. The van der Waals surface area contributed by atoms with Gasteiger partial charge >= 0.3 is 0 Å². The zero-order valence-electron chi connectivity index (χ0n) is 12.5. The van der Waals surface area contributed by atoms with Crippen molar-refractivity contribution in [2.75, 3.05) is 18.0 Å². The zero-order valence-corrected chi connectivity index (χ0v) is 12.5. The summed E-state index contributed by atoms with van der Waals surface area (Å²) >= 11 is 0. The number of piperazine rings is 1. The van der Waals surface area contributed by atoms with Gasteiger partial charge in [0, 0.05) is 31.4 Å². The number of anilines is 1. The van der Waals surface area contributed by atoms with Gasteiger partial charge in [-0.1, -0.05) is 6.07 Å². The van der Waals surface area contributed by atoms with E-state index in [1.54, 1.807) is 4.90 Å². The third-order valence-electron chi connectivity index (χ3n) is 3.73. The van der Waals surface area contributed by atoms with Gasteiger partial charge in [-0.25, -0.2) is 9.37 Å². The highest BCUT2D eigenvalue weighted by molar-refractivity contribution is 5.81. The molecule has 1 aromatic heterocycles. The van der Waals surface area contributed by atoms with Gasteiger partial charge in [0.25, 0.3) is 5.91 Å². The maximum atomic E-state index is 13.3. The molecule has 0 spiro atoms. The Kier molecular flexibility index (Phi) is 4.26. The van der Waals surface area contributed by atoms with Crippen molar-refractivity contribution in [1.82, 2.24) is 9.88 Å². The lowest BCUT2D eigenvalue weighted by molar-refractivity contribution is -0.140. The van der Waals surface area contributed by atoms with Gasteiger partial charge in [-0.15, -0.1) is 0 Å². The minimum Gasteiger partial charge on any atom is -0.353 e. The molecule has 1 amide bonds. The maximum Gasteiger partial charge on any atom is 0.257 e. The van der Waals surface area contributed by atoms with E-state index in [0.717, 1.165) is 11.4 Å². The van der Waals surface area contributed by atoms with Crippen LogP contribution in [0.5, 0.6) is 0 Å². The second-order valence-corrected chi connectivity index (χ2v) is 5.66. The Balaban J connectivity index is 2.13. The van der Waals surface area contributed by atoms with Crippen molar-refractivity contribution in [2.45, 2.75) is 46.0 Å². The van der Waals surface area contributed by atoms with Gasteiger partial charge in [-0.2, -0.15) is 0 Å². The summed E-state index contributed by atoms with van der Waals surface area (Å²) in [5.74, 6) is 0.496. The number of hydrogen-bond acceptors (Lipinski definition) is 3. The number of alkyl halides is 1. The minimum absolute atomic E-state index is 0.0208. The molecule has 5 heteroatoms. The highest BCUT2D eigenvalue weighted by Crippen LogP contribution is 2.22. The number of aromatic nitrogens is 1. The van der Waals surface area contributed by atoms with E-state index in [9.17, 15) is 9.18 Å². The molecule has 2 rings (SSSR count). The number of rotatable bonds is 2. The summed E-state index contributed by atoms with van der Waals surface area (Å²) in [5.41, 5.74) is 1.12. The molecule has 1 aromatic rings. The van der Waals surface area contributed by atoms with E-state index in [4.69, 9.17) is 0 Å². The van der Waals surface area contributed by atoms with Crippen LogP contribution in [0.15, 0.2) is 18.3 Å². The number of nitrogens with zero attached hydrogens (tertiary/aromatic N) is 3. The summed E-state index contributed by atoms with van der Waals surface area (Å²) in [6.07, 6.45) is 0.398. The van der Waals surface area contributed by atoms with Crippen LogP contribution in [0.4, 0.5) is 10.2 Å². The van der Waals surface area contributed by atoms with Gasteiger partial charge < -0.3 is 9.80 Å². The Labute approximate surface area is 119 Å². The van der Waals surface area contributed by atoms with E-state index in [1.165, 1.54) is 6.92 Å². The summed E-state index contributed by atoms with van der Waals surface area (Å²) in [4.78, 5) is 20.2. The topological polar surface area (TPSA) is 36.4 Å². The molecule has 1 aliphatic heterocycles. The van der Waals surface area contributed by atoms with Crippen molar-refractivity contribution in [1.29, 1.82) is 0 Å². The first-order valence-corrected chi connectivity index (χ1v) is 7.04. The maximum absolute atomic E-state index is 13.3. The summed E-state index contributed by atoms with van der Waals surface area (Å²) in [6, 6.07) is 3.98. The van der Waals surface area contributed by atoms with Crippen molar-refractivity contribution in [3.63, 3.8) is 0 Å². The molecular formula is C15H22FN3O. The quantitative estimate of drug-likeness (QED) is 0.832. The van der Waals surface area contributed by atoms with Crippen molar-refractivity contribution in [3.8, 4) is 0 Å². The molecule has 0 saturated carbocycles. The Morgan fingerprint density at radius 3 is 2.40 bits per heavy atom. The number of hydrogen-bond donors (Lipinski definition) is 0. The van der Waals surface area contributed by atoms with Crippen LogP contribution >= 0.6 is 0 Å². The Bertz CT molecular complexity index is 463. The second kappa shape index (κ2) is 5.77. The van der Waals surface area contributed by atoms with E-state index in [0.29, 0.717) is 13.1 Å². The van der Waals surface area contributed by atoms with Gasteiger partial charge in [0.1, 0.15) is 5.82 Å². The number of carbonyl (C=O) groups is 1. The number of amides is 1. The van der Waals surface area contributed by atoms with Gasteiger partial charge in [0.05, 0.1) is 0 Å². The summed E-state index contributed by atoms with van der Waals surface area (Å²) < 4.78 is 13.3. The largest absolute Gasteiger partial charge is 0.353 e. The van der Waals surface area contributed by atoms with E-state index < -0.39 is 12.1 Å². The highest BCUT2D eigenvalue weighted by atomic mass is 19.1. The first-order valence-electron chi connectivity index (χ1n) is 7.04. The van der Waals surface area contributed by atoms with Crippen LogP contribution in [-0.2, 0) is 4.79 Å². The fourth-order valence-corrected chi connectivity index (χ4v) is 2.80. The van der Waals surface area contributed by atoms with Crippen LogP contribution in [0.2, 0.25) is 0 Å². The van der Waals surface area contributed by atoms with Gasteiger partial charge in [0.2, 0.25) is 0 Å². The lowest BCUT2D eigenvalue weighted by Gasteiger charge is -2.45. The van der Waals surface area contributed by atoms with Gasteiger partial charge in [-0.3, -0.25) is 4.79 Å². The molecule has 0 bridgehead atoms. The van der Waals surface area contributed by atoms with Crippen LogP contribution in [0.3, 0.4) is 0 Å². The monoisotopic (exact) mass is 279 g/mol. The molecule has 4 nitrogen and oxygen atoms in total. The van der Waals surface area contributed by atoms with E-state index in [-0.39, 0.29) is 12.1 Å². The first kappa shape index (κ1) is 14.8. The predicted molar refractivity (Wildman–Crippen MR) is 77.5 cm³/mol. The van der Waals surface area contributed by atoms with Crippen molar-refractivity contribution < 1.29 is 9.18 Å². The third kappa shape index (κ3) is 2.92. The SMILES string of the molecule is Cc1ccc(N2CC(C)N(C(=O)C(C)F)C(C)C2)nc1. The molecule has 0 aromatic carbocycles.